The Hall–Kier alpha value is -2.99. The highest BCUT2D eigenvalue weighted by Crippen LogP contribution is 2.28. The Labute approximate surface area is 122 Å². The minimum Gasteiger partial charge on any atom is -0.454 e. The van der Waals surface area contributed by atoms with Crippen molar-refractivity contribution in [2.75, 3.05) is 5.73 Å². The van der Waals surface area contributed by atoms with Crippen molar-refractivity contribution >= 4 is 16.7 Å². The van der Waals surface area contributed by atoms with Gasteiger partial charge in [-0.25, -0.2) is 0 Å². The second-order valence-electron chi connectivity index (χ2n) is 4.71. The molecule has 0 amide bonds. The molecule has 0 aliphatic carbocycles. The van der Waals surface area contributed by atoms with Crippen molar-refractivity contribution in [1.29, 1.82) is 0 Å². The summed E-state index contributed by atoms with van der Waals surface area (Å²) < 4.78 is 5.85. The predicted molar refractivity (Wildman–Crippen MR) is 84.9 cm³/mol. The lowest BCUT2D eigenvalue weighted by Gasteiger charge is -2.08. The van der Waals surface area contributed by atoms with Gasteiger partial charge in [-0.3, -0.25) is 4.79 Å². The molecule has 3 aromatic rings. The molecule has 2 aromatic carbocycles. The maximum Gasteiger partial charge on any atom is 0.216 e. The Morgan fingerprint density at radius 1 is 1.10 bits per heavy atom. The van der Waals surface area contributed by atoms with Crippen LogP contribution < -0.4 is 11.2 Å². The van der Waals surface area contributed by atoms with E-state index in [0.717, 1.165) is 11.1 Å². The summed E-state index contributed by atoms with van der Waals surface area (Å²) in [4.78, 5) is 12.6. The zero-order chi connectivity index (χ0) is 14.8. The van der Waals surface area contributed by atoms with Gasteiger partial charge in [0.05, 0.1) is 5.39 Å². The monoisotopic (exact) mass is 275 g/mol. The van der Waals surface area contributed by atoms with Crippen molar-refractivity contribution in [2.45, 2.75) is 6.42 Å². The highest BCUT2D eigenvalue weighted by molar-refractivity contribution is 5.87. The molecule has 0 atom stereocenters. The van der Waals surface area contributed by atoms with Crippen LogP contribution in [0.25, 0.3) is 22.3 Å². The predicted octanol–water partition coefficient (Wildman–Crippen LogP) is 3.22. The van der Waals surface area contributed by atoms with Crippen molar-refractivity contribution in [3.63, 3.8) is 0 Å². The standard InChI is InChI=1S/C18H13NO2/c1-2-7-12-10-6-11-14-15(12)17(20)16(19)18(21-14)13-8-4-3-5-9-13/h1,3-6,8-11H,7,19H2. The third kappa shape index (κ3) is 2.17. The minimum atomic E-state index is -0.235. The van der Waals surface area contributed by atoms with E-state index in [1.807, 2.05) is 42.5 Å². The van der Waals surface area contributed by atoms with Crippen LogP contribution >= 0.6 is 0 Å². The van der Waals surface area contributed by atoms with Gasteiger partial charge in [-0.15, -0.1) is 12.3 Å². The summed E-state index contributed by atoms with van der Waals surface area (Å²) in [7, 11) is 0. The number of fused-ring (bicyclic) bond motifs is 1. The number of nitrogen functional groups attached to an aromatic ring is 1. The Kier molecular flexibility index (Phi) is 3.21. The molecule has 0 spiro atoms. The van der Waals surface area contributed by atoms with Gasteiger partial charge >= 0.3 is 0 Å². The topological polar surface area (TPSA) is 56.2 Å². The fourth-order valence-corrected chi connectivity index (χ4v) is 2.38. The van der Waals surface area contributed by atoms with Crippen LogP contribution in [0.15, 0.2) is 57.7 Å². The van der Waals surface area contributed by atoms with Gasteiger partial charge in [0.15, 0.2) is 5.76 Å². The summed E-state index contributed by atoms with van der Waals surface area (Å²) in [5.41, 5.74) is 7.90. The molecule has 0 fully saturated rings. The van der Waals surface area contributed by atoms with Gasteiger partial charge in [0.25, 0.3) is 0 Å². The zero-order valence-electron chi connectivity index (χ0n) is 11.3. The number of nitrogens with two attached hydrogens (primary N) is 1. The second-order valence-corrected chi connectivity index (χ2v) is 4.71. The minimum absolute atomic E-state index is 0.109. The Morgan fingerprint density at radius 3 is 2.57 bits per heavy atom. The zero-order valence-corrected chi connectivity index (χ0v) is 11.3. The highest BCUT2D eigenvalue weighted by Gasteiger charge is 2.15. The van der Waals surface area contributed by atoms with E-state index in [0.29, 0.717) is 23.2 Å². The number of terminal acetylenes is 1. The molecule has 0 aliphatic rings. The molecule has 1 heterocycles. The van der Waals surface area contributed by atoms with Crippen molar-refractivity contribution in [1.82, 2.24) is 0 Å². The lowest BCUT2D eigenvalue weighted by Crippen LogP contribution is -2.11. The molecule has 102 valence electrons. The van der Waals surface area contributed by atoms with Crippen LogP contribution in [0.3, 0.4) is 0 Å². The number of hydrogen-bond acceptors (Lipinski definition) is 3. The van der Waals surface area contributed by atoms with Crippen molar-refractivity contribution in [3.8, 4) is 23.7 Å². The van der Waals surface area contributed by atoms with Gasteiger partial charge in [0, 0.05) is 12.0 Å². The van der Waals surface area contributed by atoms with E-state index in [1.165, 1.54) is 0 Å². The van der Waals surface area contributed by atoms with Crippen LogP contribution in [0, 0.1) is 12.3 Å². The summed E-state index contributed by atoms with van der Waals surface area (Å²) in [6.07, 6.45) is 5.71. The number of rotatable bonds is 2. The number of anilines is 1. The lowest BCUT2D eigenvalue weighted by molar-refractivity contribution is 0.621. The molecule has 0 aliphatic heterocycles. The Morgan fingerprint density at radius 2 is 1.86 bits per heavy atom. The third-order valence-electron chi connectivity index (χ3n) is 3.37. The number of hydrogen-bond donors (Lipinski definition) is 1. The van der Waals surface area contributed by atoms with Gasteiger partial charge < -0.3 is 10.2 Å². The van der Waals surface area contributed by atoms with E-state index in [4.69, 9.17) is 16.6 Å². The summed E-state index contributed by atoms with van der Waals surface area (Å²) >= 11 is 0. The molecular formula is C18H13NO2. The quantitative estimate of drug-likeness (QED) is 0.731. The first-order valence-electron chi connectivity index (χ1n) is 6.55. The van der Waals surface area contributed by atoms with Gasteiger partial charge in [-0.05, 0) is 11.6 Å². The SMILES string of the molecule is C#CCc1cccc2oc(-c3ccccc3)c(N)c(=O)c12. The molecule has 0 saturated carbocycles. The van der Waals surface area contributed by atoms with Gasteiger partial charge in [-0.2, -0.15) is 0 Å². The van der Waals surface area contributed by atoms with Crippen LogP contribution in [0.1, 0.15) is 5.56 Å². The molecule has 0 bridgehead atoms. The fourth-order valence-electron chi connectivity index (χ4n) is 2.38. The average Bonchev–Trinajstić information content (AvgIpc) is 2.52. The average molecular weight is 275 g/mol. The number of benzene rings is 2. The molecule has 3 heteroatoms. The van der Waals surface area contributed by atoms with Crippen LogP contribution in [0.4, 0.5) is 5.69 Å². The van der Waals surface area contributed by atoms with Crippen molar-refractivity contribution in [2.24, 2.45) is 0 Å². The summed E-state index contributed by atoms with van der Waals surface area (Å²) in [6.45, 7) is 0. The third-order valence-corrected chi connectivity index (χ3v) is 3.37. The second kappa shape index (κ2) is 5.18. The molecule has 3 rings (SSSR count). The molecule has 21 heavy (non-hydrogen) atoms. The largest absolute Gasteiger partial charge is 0.454 e. The summed E-state index contributed by atoms with van der Waals surface area (Å²) in [6, 6.07) is 14.7. The molecule has 3 nitrogen and oxygen atoms in total. The van der Waals surface area contributed by atoms with E-state index in [9.17, 15) is 4.79 Å². The maximum atomic E-state index is 12.6. The molecule has 0 radical (unpaired) electrons. The van der Waals surface area contributed by atoms with E-state index in [1.54, 1.807) is 6.07 Å². The fraction of sp³-hybridized carbons (Fsp3) is 0.0556. The first kappa shape index (κ1) is 13.0. The summed E-state index contributed by atoms with van der Waals surface area (Å²) in [5, 5.41) is 0.465. The first-order valence-corrected chi connectivity index (χ1v) is 6.55. The smallest absolute Gasteiger partial charge is 0.216 e. The van der Waals surface area contributed by atoms with Crippen molar-refractivity contribution < 1.29 is 4.42 Å². The highest BCUT2D eigenvalue weighted by atomic mass is 16.3. The van der Waals surface area contributed by atoms with Gasteiger partial charge in [0.2, 0.25) is 5.43 Å². The van der Waals surface area contributed by atoms with E-state index < -0.39 is 0 Å². The van der Waals surface area contributed by atoms with E-state index in [2.05, 4.69) is 5.92 Å². The normalized spacial score (nSPS) is 10.4. The molecule has 2 N–H and O–H groups in total. The van der Waals surface area contributed by atoms with Gasteiger partial charge in [0.1, 0.15) is 11.3 Å². The molecule has 0 saturated heterocycles. The molecule has 1 aromatic heterocycles. The van der Waals surface area contributed by atoms with Crippen LogP contribution in [-0.4, -0.2) is 0 Å². The first-order chi connectivity index (χ1) is 10.2. The van der Waals surface area contributed by atoms with E-state index >= 15 is 0 Å². The van der Waals surface area contributed by atoms with E-state index in [-0.39, 0.29) is 11.1 Å². The van der Waals surface area contributed by atoms with Crippen LogP contribution in [0.5, 0.6) is 0 Å². The van der Waals surface area contributed by atoms with Crippen molar-refractivity contribution in [3.05, 3.63) is 64.3 Å². The van der Waals surface area contributed by atoms with Crippen LogP contribution in [0.2, 0.25) is 0 Å². The Balaban J connectivity index is 2.36. The molecular weight excluding hydrogens is 262 g/mol. The van der Waals surface area contributed by atoms with Gasteiger partial charge in [-0.1, -0.05) is 42.5 Å². The summed E-state index contributed by atoms with van der Waals surface area (Å²) in [5.74, 6) is 2.94. The lowest BCUT2D eigenvalue weighted by atomic mass is 10.0. The Bertz CT molecular complexity index is 902. The molecule has 0 unspecified atom stereocenters. The van der Waals surface area contributed by atoms with Crippen LogP contribution in [-0.2, 0) is 6.42 Å². The maximum absolute atomic E-state index is 12.6.